The van der Waals surface area contributed by atoms with Crippen LogP contribution < -0.4 is 8.51 Å². The van der Waals surface area contributed by atoms with Crippen molar-refractivity contribution in [2.75, 3.05) is 0 Å². The molecule has 0 saturated heterocycles. The summed E-state index contributed by atoms with van der Waals surface area (Å²) in [4.78, 5) is 0. The SMILES string of the molecule is CC1=C(C)C(C)[C]([Ti]([O]c2cc(C)cc([Si](C)(C)C(C)(C)C)c2)=[C](c2ccccc2)c2ccccc2)=C1C. The van der Waals surface area contributed by atoms with E-state index in [0.717, 1.165) is 5.75 Å². The van der Waals surface area contributed by atoms with Gasteiger partial charge in [-0.25, -0.2) is 0 Å². The van der Waals surface area contributed by atoms with Crippen LogP contribution in [0.15, 0.2) is 99.5 Å². The van der Waals surface area contributed by atoms with Gasteiger partial charge in [-0.1, -0.05) is 0 Å². The third-order valence-electron chi connectivity index (χ3n) is 9.10. The van der Waals surface area contributed by atoms with Gasteiger partial charge in [0.25, 0.3) is 0 Å². The molecule has 1 unspecified atom stereocenters. The first-order chi connectivity index (χ1) is 17.8. The number of hydrogen-bond donors (Lipinski definition) is 0. The van der Waals surface area contributed by atoms with Crippen molar-refractivity contribution in [3.05, 3.63) is 116 Å². The van der Waals surface area contributed by atoms with Crippen LogP contribution in [0.3, 0.4) is 0 Å². The Kier molecular flexibility index (Phi) is 8.38. The van der Waals surface area contributed by atoms with Crippen molar-refractivity contribution in [2.24, 2.45) is 5.92 Å². The predicted molar refractivity (Wildman–Crippen MR) is 165 cm³/mol. The number of rotatable bonds is 6. The van der Waals surface area contributed by atoms with Gasteiger partial charge >= 0.3 is 240 Å². The normalized spacial score (nSPS) is 16.2. The molecule has 3 aromatic carbocycles. The molecule has 1 aliphatic rings. The Morgan fingerprint density at radius 1 is 0.763 bits per heavy atom. The summed E-state index contributed by atoms with van der Waals surface area (Å²) in [7, 11) is -1.72. The molecule has 0 spiro atoms. The van der Waals surface area contributed by atoms with Crippen molar-refractivity contribution in [3.8, 4) is 5.75 Å². The van der Waals surface area contributed by atoms with Crippen LogP contribution in [0.2, 0.25) is 18.1 Å². The Hall–Kier alpha value is -2.26. The molecular weight excluding hydrogens is 512 g/mol. The summed E-state index contributed by atoms with van der Waals surface area (Å²) in [6.07, 6.45) is 0. The third kappa shape index (κ3) is 5.55. The molecule has 0 heterocycles. The average molecular weight is 557 g/mol. The second kappa shape index (κ2) is 11.1. The molecule has 0 saturated carbocycles. The second-order valence-electron chi connectivity index (χ2n) is 12.5. The van der Waals surface area contributed by atoms with Gasteiger partial charge in [-0.05, 0) is 0 Å². The molecule has 4 rings (SSSR count). The van der Waals surface area contributed by atoms with E-state index in [4.69, 9.17) is 3.32 Å². The van der Waals surface area contributed by atoms with E-state index in [2.05, 4.69) is 147 Å². The van der Waals surface area contributed by atoms with Gasteiger partial charge in [0.15, 0.2) is 0 Å². The van der Waals surface area contributed by atoms with Crippen molar-refractivity contribution in [3.63, 3.8) is 0 Å². The number of allylic oxidation sites excluding steroid dienone is 4. The molecule has 0 bridgehead atoms. The van der Waals surface area contributed by atoms with Crippen molar-refractivity contribution < 1.29 is 21.1 Å². The van der Waals surface area contributed by atoms with Crippen LogP contribution in [0, 0.1) is 12.8 Å². The zero-order chi connectivity index (χ0) is 27.8. The molecule has 1 aliphatic carbocycles. The van der Waals surface area contributed by atoms with Crippen LogP contribution >= 0.6 is 0 Å². The minimum absolute atomic E-state index is 0.264. The standard InChI is InChI=1S/C13H22OSi.C13H10.C9H13.Ti/c1-10-7-11(14)9-12(8-10)15(5,6)13(2,3)4;1-3-7-12(8-4-1)11-13-9-5-2-6-10-13;1-6-5-7(2)9(4)8(6)3;/h7-9,14H,1-6H3;1-10H;6H,1-4H3;/q;;;+1/p-1. The molecule has 0 aliphatic heterocycles. The molecule has 198 valence electrons. The summed E-state index contributed by atoms with van der Waals surface area (Å²) in [5.41, 5.74) is 8.20. The minimum atomic E-state index is -2.53. The molecule has 3 heteroatoms. The van der Waals surface area contributed by atoms with Crippen LogP contribution in [0.5, 0.6) is 5.75 Å². The molecule has 0 amide bonds. The van der Waals surface area contributed by atoms with Gasteiger partial charge in [0.05, 0.1) is 0 Å². The summed E-state index contributed by atoms with van der Waals surface area (Å²) in [5.74, 6) is 1.44. The fourth-order valence-corrected chi connectivity index (χ4v) is 11.7. The summed E-state index contributed by atoms with van der Waals surface area (Å²) >= 11 is -2.53. The quantitative estimate of drug-likeness (QED) is 0.275. The van der Waals surface area contributed by atoms with Crippen LogP contribution in [-0.2, 0) is 17.8 Å². The van der Waals surface area contributed by atoms with Crippen molar-refractivity contribution in [2.45, 2.75) is 73.5 Å². The van der Waals surface area contributed by atoms with E-state index in [0.29, 0.717) is 5.92 Å². The average Bonchev–Trinajstić information content (AvgIpc) is 3.06. The topological polar surface area (TPSA) is 9.23 Å². The Morgan fingerprint density at radius 2 is 1.29 bits per heavy atom. The fourth-order valence-electron chi connectivity index (χ4n) is 5.33. The van der Waals surface area contributed by atoms with E-state index in [1.54, 1.807) is 0 Å². The van der Waals surface area contributed by atoms with E-state index in [9.17, 15) is 0 Å². The third-order valence-corrected chi connectivity index (χ3v) is 18.9. The number of benzene rings is 3. The Labute approximate surface area is 238 Å². The molecule has 1 nitrogen and oxygen atoms in total. The van der Waals surface area contributed by atoms with Crippen molar-refractivity contribution >= 4 is 17.1 Å². The van der Waals surface area contributed by atoms with E-state index in [1.807, 2.05) is 0 Å². The zero-order valence-electron chi connectivity index (χ0n) is 25.0. The summed E-state index contributed by atoms with van der Waals surface area (Å²) in [5, 5.41) is 1.74. The summed E-state index contributed by atoms with van der Waals surface area (Å²) < 4.78 is 10.3. The first kappa shape index (κ1) is 28.7. The summed E-state index contributed by atoms with van der Waals surface area (Å²) in [6.45, 7) is 23.7. The van der Waals surface area contributed by atoms with E-state index in [-0.39, 0.29) is 5.04 Å². The van der Waals surface area contributed by atoms with Crippen molar-refractivity contribution in [1.82, 2.24) is 0 Å². The number of aryl methyl sites for hydroxylation is 1. The zero-order valence-corrected chi connectivity index (χ0v) is 27.6. The number of hydrogen-bond acceptors (Lipinski definition) is 1. The molecule has 38 heavy (non-hydrogen) atoms. The van der Waals surface area contributed by atoms with Gasteiger partial charge in [0.2, 0.25) is 0 Å². The Morgan fingerprint density at radius 3 is 1.74 bits per heavy atom. The van der Waals surface area contributed by atoms with Gasteiger partial charge in [0, 0.05) is 0 Å². The predicted octanol–water partition coefficient (Wildman–Crippen LogP) is 9.15. The van der Waals surface area contributed by atoms with Crippen LogP contribution in [0.1, 0.15) is 65.2 Å². The van der Waals surface area contributed by atoms with Gasteiger partial charge in [0.1, 0.15) is 0 Å². The maximum atomic E-state index is 7.40. The first-order valence-corrected chi connectivity index (χ1v) is 19.1. The van der Waals surface area contributed by atoms with Gasteiger partial charge < -0.3 is 0 Å². The van der Waals surface area contributed by atoms with E-state index >= 15 is 0 Å². The van der Waals surface area contributed by atoms with Gasteiger partial charge in [-0.3, -0.25) is 0 Å². The fraction of sp³-hybridized carbons (Fsp3) is 0.343. The first-order valence-electron chi connectivity index (χ1n) is 13.9. The molecule has 0 aromatic heterocycles. The van der Waals surface area contributed by atoms with Crippen molar-refractivity contribution in [1.29, 1.82) is 0 Å². The summed E-state index contributed by atoms with van der Waals surface area (Å²) in [6, 6.07) is 28.9. The van der Waals surface area contributed by atoms with E-state index in [1.165, 1.54) is 46.3 Å². The van der Waals surface area contributed by atoms with Crippen LogP contribution in [0.4, 0.5) is 0 Å². The molecular formula is C35H44OSiTi. The molecule has 3 aromatic rings. The molecule has 0 N–H and O–H groups in total. The Bertz CT molecular complexity index is 1380. The van der Waals surface area contributed by atoms with Gasteiger partial charge in [-0.2, -0.15) is 0 Å². The van der Waals surface area contributed by atoms with Crippen LogP contribution in [0.25, 0.3) is 0 Å². The monoisotopic (exact) mass is 556 g/mol. The van der Waals surface area contributed by atoms with E-state index < -0.39 is 25.9 Å². The Balaban J connectivity index is 2.01. The molecule has 1 atom stereocenters. The maximum absolute atomic E-state index is 7.40. The second-order valence-corrected chi connectivity index (χ2v) is 20.8. The van der Waals surface area contributed by atoms with Crippen LogP contribution in [-0.4, -0.2) is 11.9 Å². The molecule has 0 fully saturated rings. The van der Waals surface area contributed by atoms with Gasteiger partial charge in [-0.15, -0.1) is 0 Å². The molecule has 0 radical (unpaired) electrons.